The van der Waals surface area contributed by atoms with Gasteiger partial charge in [0.2, 0.25) is 11.8 Å². The van der Waals surface area contributed by atoms with E-state index in [-0.39, 0.29) is 11.8 Å². The van der Waals surface area contributed by atoms with Crippen molar-refractivity contribution in [1.29, 1.82) is 0 Å². The normalized spacial score (nSPS) is 14.9. The second kappa shape index (κ2) is 9.25. The predicted molar refractivity (Wildman–Crippen MR) is 111 cm³/mol. The summed E-state index contributed by atoms with van der Waals surface area (Å²) in [5.41, 5.74) is 3.53. The van der Waals surface area contributed by atoms with Gasteiger partial charge >= 0.3 is 0 Å². The molecule has 0 spiro atoms. The number of amides is 2. The van der Waals surface area contributed by atoms with Crippen LogP contribution in [0.2, 0.25) is 0 Å². The highest BCUT2D eigenvalue weighted by Crippen LogP contribution is 2.24. The number of hydrogen-bond acceptors (Lipinski definition) is 5. The van der Waals surface area contributed by atoms with E-state index in [4.69, 9.17) is 0 Å². The molecule has 0 saturated carbocycles. The van der Waals surface area contributed by atoms with Gasteiger partial charge in [-0.2, -0.15) is 0 Å². The lowest BCUT2D eigenvalue weighted by Gasteiger charge is -2.34. The van der Waals surface area contributed by atoms with Crippen LogP contribution in [0.5, 0.6) is 0 Å². The number of rotatable bonds is 6. The number of piperazine rings is 1. The molecular weight excluding hydrogens is 374 g/mol. The number of thioether (sulfide) groups is 1. The molecule has 1 aliphatic heterocycles. The summed E-state index contributed by atoms with van der Waals surface area (Å²) in [5, 5.41) is 3.45. The second-order valence-corrected chi connectivity index (χ2v) is 7.86. The monoisotopic (exact) mass is 401 g/mol. The Balaban J connectivity index is 1.56. The molecule has 0 unspecified atom stereocenters. The van der Waals surface area contributed by atoms with E-state index >= 15 is 0 Å². The van der Waals surface area contributed by atoms with Gasteiger partial charge in [0.15, 0.2) is 5.16 Å². The molecule has 3 rings (SSSR count). The Morgan fingerprint density at radius 1 is 1.18 bits per heavy atom. The number of imidazole rings is 1. The predicted octanol–water partition coefficient (Wildman–Crippen LogP) is 1.47. The SMILES string of the molecule is CNC(=O)CN1CCN(C(=O)CSc2nccn2-c2cccc(C)c2C)CC1. The largest absolute Gasteiger partial charge is 0.358 e. The van der Waals surface area contributed by atoms with Crippen LogP contribution in [0.4, 0.5) is 0 Å². The minimum atomic E-state index is 0.00797. The maximum atomic E-state index is 12.6. The molecule has 0 aliphatic carbocycles. The number of aryl methyl sites for hydroxylation is 1. The van der Waals surface area contributed by atoms with Crippen LogP contribution in [0.1, 0.15) is 11.1 Å². The van der Waals surface area contributed by atoms with E-state index < -0.39 is 0 Å². The van der Waals surface area contributed by atoms with Crippen LogP contribution in [-0.2, 0) is 9.59 Å². The molecule has 1 fully saturated rings. The summed E-state index contributed by atoms with van der Waals surface area (Å²) in [7, 11) is 1.64. The summed E-state index contributed by atoms with van der Waals surface area (Å²) in [4.78, 5) is 32.5. The number of nitrogens with one attached hydrogen (secondary N) is 1. The minimum Gasteiger partial charge on any atom is -0.358 e. The Morgan fingerprint density at radius 2 is 1.93 bits per heavy atom. The Bertz CT molecular complexity index is 843. The van der Waals surface area contributed by atoms with Crippen molar-refractivity contribution in [3.8, 4) is 5.69 Å². The van der Waals surface area contributed by atoms with Crippen LogP contribution in [0.3, 0.4) is 0 Å². The third-order valence-corrected chi connectivity index (χ3v) is 6.09. The molecule has 0 atom stereocenters. The van der Waals surface area contributed by atoms with E-state index in [9.17, 15) is 9.59 Å². The zero-order valence-corrected chi connectivity index (χ0v) is 17.5. The Kier molecular flexibility index (Phi) is 6.74. The summed E-state index contributed by atoms with van der Waals surface area (Å²) >= 11 is 1.46. The van der Waals surface area contributed by atoms with Crippen molar-refractivity contribution in [2.24, 2.45) is 0 Å². The fourth-order valence-corrected chi connectivity index (χ4v) is 4.10. The molecule has 7 nitrogen and oxygen atoms in total. The van der Waals surface area contributed by atoms with E-state index in [1.807, 2.05) is 21.7 Å². The second-order valence-electron chi connectivity index (χ2n) is 6.92. The molecule has 150 valence electrons. The maximum absolute atomic E-state index is 12.6. The number of nitrogens with zero attached hydrogens (tertiary/aromatic N) is 4. The van der Waals surface area contributed by atoms with Crippen molar-refractivity contribution < 1.29 is 9.59 Å². The molecule has 1 aromatic carbocycles. The molecule has 0 bridgehead atoms. The lowest BCUT2D eigenvalue weighted by molar-refractivity contribution is -0.130. The number of likely N-dealkylation sites (N-methyl/N-ethyl adjacent to an activating group) is 1. The van der Waals surface area contributed by atoms with E-state index in [2.05, 4.69) is 41.2 Å². The van der Waals surface area contributed by atoms with E-state index in [1.54, 1.807) is 13.2 Å². The molecule has 8 heteroatoms. The highest BCUT2D eigenvalue weighted by atomic mass is 32.2. The first-order valence-corrected chi connectivity index (χ1v) is 10.4. The number of benzene rings is 1. The minimum absolute atomic E-state index is 0.00797. The molecule has 2 heterocycles. The molecule has 1 aliphatic rings. The van der Waals surface area contributed by atoms with Gasteiger partial charge in [0.1, 0.15) is 0 Å². The number of carbonyl (C=O) groups is 2. The van der Waals surface area contributed by atoms with Crippen LogP contribution in [-0.4, -0.2) is 76.7 Å². The molecule has 0 radical (unpaired) electrons. The molecule has 1 aromatic heterocycles. The average Bonchev–Trinajstić information content (AvgIpc) is 3.17. The van der Waals surface area contributed by atoms with Crippen molar-refractivity contribution in [2.45, 2.75) is 19.0 Å². The molecular formula is C20H27N5O2S. The zero-order valence-electron chi connectivity index (χ0n) is 16.6. The van der Waals surface area contributed by atoms with E-state index in [0.29, 0.717) is 25.4 Å². The fourth-order valence-electron chi connectivity index (χ4n) is 3.23. The van der Waals surface area contributed by atoms with Crippen molar-refractivity contribution >= 4 is 23.6 Å². The first kappa shape index (κ1) is 20.4. The first-order valence-electron chi connectivity index (χ1n) is 9.43. The van der Waals surface area contributed by atoms with E-state index in [1.165, 1.54) is 22.9 Å². The van der Waals surface area contributed by atoms with Crippen molar-refractivity contribution in [1.82, 2.24) is 24.7 Å². The third-order valence-electron chi connectivity index (χ3n) is 5.14. The van der Waals surface area contributed by atoms with Gasteiger partial charge in [0.25, 0.3) is 0 Å². The quantitative estimate of drug-likeness (QED) is 0.743. The number of aromatic nitrogens is 2. The Hall–Kier alpha value is -2.32. The van der Waals surface area contributed by atoms with E-state index in [0.717, 1.165) is 23.9 Å². The van der Waals surface area contributed by atoms with Crippen LogP contribution in [0, 0.1) is 13.8 Å². The van der Waals surface area contributed by atoms with Crippen LogP contribution >= 0.6 is 11.8 Å². The summed E-state index contributed by atoms with van der Waals surface area (Å²) in [6.45, 7) is 7.34. The molecule has 2 amide bonds. The molecule has 2 aromatic rings. The van der Waals surface area contributed by atoms with Gasteiger partial charge < -0.3 is 10.2 Å². The van der Waals surface area contributed by atoms with Gasteiger partial charge in [-0.15, -0.1) is 0 Å². The molecule has 28 heavy (non-hydrogen) atoms. The smallest absolute Gasteiger partial charge is 0.233 e. The summed E-state index contributed by atoms with van der Waals surface area (Å²) in [6.07, 6.45) is 3.71. The zero-order chi connectivity index (χ0) is 20.1. The van der Waals surface area contributed by atoms with Crippen LogP contribution < -0.4 is 5.32 Å². The maximum Gasteiger partial charge on any atom is 0.233 e. The average molecular weight is 402 g/mol. The van der Waals surface area contributed by atoms with Gasteiger partial charge in [-0.25, -0.2) is 4.98 Å². The first-order chi connectivity index (χ1) is 13.5. The van der Waals surface area contributed by atoms with Gasteiger partial charge in [-0.05, 0) is 31.0 Å². The summed E-state index contributed by atoms with van der Waals surface area (Å²) < 4.78 is 2.04. The van der Waals surface area contributed by atoms with Gasteiger partial charge in [0.05, 0.1) is 18.0 Å². The lowest BCUT2D eigenvalue weighted by Crippen LogP contribution is -2.51. The summed E-state index contributed by atoms with van der Waals surface area (Å²) in [6, 6.07) is 6.20. The Morgan fingerprint density at radius 3 is 2.64 bits per heavy atom. The summed E-state index contributed by atoms with van der Waals surface area (Å²) in [5.74, 6) is 0.478. The van der Waals surface area contributed by atoms with Crippen LogP contribution in [0.15, 0.2) is 35.7 Å². The Labute approximate surface area is 170 Å². The topological polar surface area (TPSA) is 70.5 Å². The van der Waals surface area contributed by atoms with Crippen molar-refractivity contribution in [3.63, 3.8) is 0 Å². The third kappa shape index (κ3) is 4.74. The number of hydrogen-bond donors (Lipinski definition) is 1. The standard InChI is InChI=1S/C20H27N5O2S/c1-15-5-4-6-17(16(15)2)25-8-7-22-20(25)28-14-19(27)24-11-9-23(10-12-24)13-18(26)21-3/h4-8H,9-14H2,1-3H3,(H,21,26). The van der Waals surface area contributed by atoms with Gasteiger partial charge in [-0.3, -0.25) is 19.1 Å². The van der Waals surface area contributed by atoms with Crippen LogP contribution in [0.25, 0.3) is 5.69 Å². The number of carbonyl (C=O) groups excluding carboxylic acids is 2. The van der Waals surface area contributed by atoms with Gasteiger partial charge in [-0.1, -0.05) is 23.9 Å². The fraction of sp³-hybridized carbons (Fsp3) is 0.450. The highest BCUT2D eigenvalue weighted by molar-refractivity contribution is 7.99. The lowest BCUT2D eigenvalue weighted by atomic mass is 10.1. The molecule has 1 saturated heterocycles. The molecule has 1 N–H and O–H groups in total. The van der Waals surface area contributed by atoms with Gasteiger partial charge in [0, 0.05) is 45.6 Å². The van der Waals surface area contributed by atoms with Crippen molar-refractivity contribution in [2.75, 3.05) is 45.5 Å². The van der Waals surface area contributed by atoms with Crippen molar-refractivity contribution in [3.05, 3.63) is 41.7 Å². The highest BCUT2D eigenvalue weighted by Gasteiger charge is 2.22.